The molecule has 0 radical (unpaired) electrons. The van der Waals surface area contributed by atoms with Crippen molar-refractivity contribution in [2.24, 2.45) is 5.73 Å². The topological polar surface area (TPSA) is 55.1 Å². The van der Waals surface area contributed by atoms with E-state index in [4.69, 9.17) is 17.3 Å². The average molecular weight is 205 g/mol. The zero-order valence-corrected chi connectivity index (χ0v) is 8.73. The standard InChI is InChI=1S/C9H17ClN2O/c1-3-4-5-8(11)9(13)12-6-7(2)10/h8H,2-6,11H2,1H3,(H,12,13). The summed E-state index contributed by atoms with van der Waals surface area (Å²) in [6.45, 7) is 5.81. The normalized spacial score (nSPS) is 12.2. The van der Waals surface area contributed by atoms with Crippen LogP contribution in [0.1, 0.15) is 26.2 Å². The van der Waals surface area contributed by atoms with Crippen LogP contribution in [-0.2, 0) is 4.79 Å². The van der Waals surface area contributed by atoms with Gasteiger partial charge in [-0.05, 0) is 6.42 Å². The molecule has 0 saturated heterocycles. The summed E-state index contributed by atoms with van der Waals surface area (Å²) in [7, 11) is 0. The molecule has 4 heteroatoms. The summed E-state index contributed by atoms with van der Waals surface area (Å²) in [4.78, 5) is 11.2. The minimum absolute atomic E-state index is 0.157. The van der Waals surface area contributed by atoms with Crippen LogP contribution in [0, 0.1) is 0 Å². The van der Waals surface area contributed by atoms with Crippen molar-refractivity contribution in [3.8, 4) is 0 Å². The monoisotopic (exact) mass is 204 g/mol. The molecule has 1 atom stereocenters. The van der Waals surface area contributed by atoms with Crippen LogP contribution in [-0.4, -0.2) is 18.5 Å². The first-order valence-electron chi connectivity index (χ1n) is 4.44. The van der Waals surface area contributed by atoms with Crippen LogP contribution in [0.5, 0.6) is 0 Å². The van der Waals surface area contributed by atoms with Crippen LogP contribution >= 0.6 is 11.6 Å². The van der Waals surface area contributed by atoms with Gasteiger partial charge in [0, 0.05) is 5.03 Å². The largest absolute Gasteiger partial charge is 0.350 e. The zero-order chi connectivity index (χ0) is 10.3. The molecule has 0 aromatic heterocycles. The van der Waals surface area contributed by atoms with Crippen LogP contribution < -0.4 is 11.1 Å². The van der Waals surface area contributed by atoms with E-state index >= 15 is 0 Å². The van der Waals surface area contributed by atoms with Crippen molar-refractivity contribution in [1.82, 2.24) is 5.32 Å². The minimum Gasteiger partial charge on any atom is -0.350 e. The van der Waals surface area contributed by atoms with Crippen molar-refractivity contribution in [1.29, 1.82) is 0 Å². The lowest BCUT2D eigenvalue weighted by atomic mass is 10.1. The number of carbonyl (C=O) groups is 1. The molecule has 0 heterocycles. The summed E-state index contributed by atoms with van der Waals surface area (Å²) in [5.74, 6) is -0.157. The fraction of sp³-hybridized carbons (Fsp3) is 0.667. The number of nitrogens with one attached hydrogen (secondary N) is 1. The highest BCUT2D eigenvalue weighted by atomic mass is 35.5. The molecule has 13 heavy (non-hydrogen) atoms. The Morgan fingerprint density at radius 2 is 2.31 bits per heavy atom. The van der Waals surface area contributed by atoms with Gasteiger partial charge in [0.1, 0.15) is 0 Å². The number of unbranched alkanes of at least 4 members (excludes halogenated alkanes) is 1. The second kappa shape index (κ2) is 6.92. The van der Waals surface area contributed by atoms with Gasteiger partial charge < -0.3 is 11.1 Å². The number of halogens is 1. The van der Waals surface area contributed by atoms with E-state index in [-0.39, 0.29) is 5.91 Å². The van der Waals surface area contributed by atoms with Gasteiger partial charge in [-0.2, -0.15) is 0 Å². The Hall–Kier alpha value is -0.540. The molecule has 1 amide bonds. The number of nitrogens with two attached hydrogens (primary N) is 1. The Morgan fingerprint density at radius 1 is 1.69 bits per heavy atom. The second-order valence-corrected chi connectivity index (χ2v) is 3.52. The Balaban J connectivity index is 3.63. The predicted octanol–water partition coefficient (Wildman–Crippen LogP) is 1.37. The molecule has 0 rings (SSSR count). The van der Waals surface area contributed by atoms with Crippen molar-refractivity contribution in [2.45, 2.75) is 32.2 Å². The first-order valence-corrected chi connectivity index (χ1v) is 4.82. The van der Waals surface area contributed by atoms with E-state index in [9.17, 15) is 4.79 Å². The van der Waals surface area contributed by atoms with Crippen molar-refractivity contribution >= 4 is 17.5 Å². The number of carbonyl (C=O) groups excluding carboxylic acids is 1. The van der Waals surface area contributed by atoms with Gasteiger partial charge >= 0.3 is 0 Å². The Bertz CT molecular complexity index is 182. The highest BCUT2D eigenvalue weighted by Crippen LogP contribution is 1.99. The van der Waals surface area contributed by atoms with Crippen LogP contribution in [0.3, 0.4) is 0 Å². The molecular formula is C9H17ClN2O. The molecule has 0 aliphatic carbocycles. The Kier molecular flexibility index (Phi) is 6.63. The van der Waals surface area contributed by atoms with Crippen LogP contribution in [0.2, 0.25) is 0 Å². The maximum atomic E-state index is 11.2. The number of hydrogen-bond acceptors (Lipinski definition) is 2. The van der Waals surface area contributed by atoms with Gasteiger partial charge in [0.05, 0.1) is 12.6 Å². The van der Waals surface area contributed by atoms with Gasteiger partial charge in [-0.3, -0.25) is 4.79 Å². The van der Waals surface area contributed by atoms with E-state index in [1.165, 1.54) is 0 Å². The molecule has 0 saturated carbocycles. The molecule has 0 fully saturated rings. The second-order valence-electron chi connectivity index (χ2n) is 2.98. The van der Waals surface area contributed by atoms with Gasteiger partial charge in [0.25, 0.3) is 0 Å². The van der Waals surface area contributed by atoms with Gasteiger partial charge in [-0.1, -0.05) is 37.9 Å². The molecule has 0 aliphatic rings. The molecule has 76 valence electrons. The van der Waals surface area contributed by atoms with Crippen LogP contribution in [0.15, 0.2) is 11.6 Å². The first-order chi connectivity index (χ1) is 6.07. The molecule has 0 spiro atoms. The molecule has 0 bridgehead atoms. The maximum absolute atomic E-state index is 11.2. The van der Waals surface area contributed by atoms with Gasteiger partial charge in [-0.25, -0.2) is 0 Å². The van der Waals surface area contributed by atoms with Gasteiger partial charge in [0.2, 0.25) is 5.91 Å². The van der Waals surface area contributed by atoms with Gasteiger partial charge in [0.15, 0.2) is 0 Å². The summed E-state index contributed by atoms with van der Waals surface area (Å²) >= 11 is 5.48. The van der Waals surface area contributed by atoms with Crippen molar-refractivity contribution < 1.29 is 4.79 Å². The zero-order valence-electron chi connectivity index (χ0n) is 7.98. The van der Waals surface area contributed by atoms with Crippen molar-refractivity contribution in [3.05, 3.63) is 11.6 Å². The summed E-state index contributed by atoms with van der Waals surface area (Å²) in [5.41, 5.74) is 5.60. The summed E-state index contributed by atoms with van der Waals surface area (Å²) < 4.78 is 0. The SMILES string of the molecule is C=C(Cl)CNC(=O)C(N)CCCC. The third-order valence-electron chi connectivity index (χ3n) is 1.66. The van der Waals surface area contributed by atoms with Crippen molar-refractivity contribution in [3.63, 3.8) is 0 Å². The van der Waals surface area contributed by atoms with E-state index in [2.05, 4.69) is 18.8 Å². The lowest BCUT2D eigenvalue weighted by molar-refractivity contribution is -0.122. The van der Waals surface area contributed by atoms with E-state index in [0.29, 0.717) is 11.6 Å². The fourth-order valence-corrected chi connectivity index (χ4v) is 0.936. The molecule has 0 aromatic carbocycles. The number of rotatable bonds is 6. The Morgan fingerprint density at radius 3 is 2.77 bits per heavy atom. The lowest BCUT2D eigenvalue weighted by Crippen LogP contribution is -2.40. The molecular weight excluding hydrogens is 188 g/mol. The predicted molar refractivity (Wildman–Crippen MR) is 55.5 cm³/mol. The van der Waals surface area contributed by atoms with E-state index in [0.717, 1.165) is 19.3 Å². The number of amides is 1. The molecule has 3 N–H and O–H groups in total. The smallest absolute Gasteiger partial charge is 0.237 e. The van der Waals surface area contributed by atoms with Crippen LogP contribution in [0.25, 0.3) is 0 Å². The van der Waals surface area contributed by atoms with Crippen LogP contribution in [0.4, 0.5) is 0 Å². The Labute approximate surface area is 84.3 Å². The summed E-state index contributed by atoms with van der Waals surface area (Å²) in [6.07, 6.45) is 2.73. The molecule has 0 aliphatic heterocycles. The quantitative estimate of drug-likeness (QED) is 0.687. The minimum atomic E-state index is -0.420. The van der Waals surface area contributed by atoms with E-state index in [1.54, 1.807) is 0 Å². The lowest BCUT2D eigenvalue weighted by Gasteiger charge is -2.10. The number of hydrogen-bond donors (Lipinski definition) is 2. The highest BCUT2D eigenvalue weighted by molar-refractivity contribution is 6.29. The molecule has 1 unspecified atom stereocenters. The third kappa shape index (κ3) is 6.61. The maximum Gasteiger partial charge on any atom is 0.237 e. The summed E-state index contributed by atoms with van der Waals surface area (Å²) in [5, 5.41) is 3.01. The summed E-state index contributed by atoms with van der Waals surface area (Å²) in [6, 6.07) is -0.420. The average Bonchev–Trinajstić information content (AvgIpc) is 2.10. The van der Waals surface area contributed by atoms with Gasteiger partial charge in [-0.15, -0.1) is 0 Å². The first kappa shape index (κ1) is 12.5. The van der Waals surface area contributed by atoms with Crippen molar-refractivity contribution in [2.75, 3.05) is 6.54 Å². The van der Waals surface area contributed by atoms with E-state index < -0.39 is 6.04 Å². The fourth-order valence-electron chi connectivity index (χ4n) is 0.869. The third-order valence-corrected chi connectivity index (χ3v) is 1.79. The molecule has 0 aromatic rings. The van der Waals surface area contributed by atoms with E-state index in [1.807, 2.05) is 0 Å². The highest BCUT2D eigenvalue weighted by Gasteiger charge is 2.11. The molecule has 3 nitrogen and oxygen atoms in total.